The van der Waals surface area contributed by atoms with Crippen LogP contribution in [0.3, 0.4) is 0 Å². The summed E-state index contributed by atoms with van der Waals surface area (Å²) in [6, 6.07) is 0. The Morgan fingerprint density at radius 1 is 1.10 bits per heavy atom. The second-order valence-corrected chi connectivity index (χ2v) is 5.74. The van der Waals surface area contributed by atoms with E-state index in [9.17, 15) is 4.57 Å². The van der Waals surface area contributed by atoms with Gasteiger partial charge in [-0.05, 0) is 0 Å². The molecule has 0 aliphatic carbocycles. The van der Waals surface area contributed by atoms with Crippen molar-refractivity contribution < 1.29 is 9.46 Å². The van der Waals surface area contributed by atoms with Gasteiger partial charge in [-0.1, -0.05) is 24.5 Å². The summed E-state index contributed by atoms with van der Waals surface area (Å²) in [4.78, 5) is 7.80. The second kappa shape index (κ2) is 16.8. The van der Waals surface area contributed by atoms with Crippen LogP contribution in [0.1, 0.15) is 0 Å². The first-order valence-corrected chi connectivity index (χ1v) is 5.75. The fourth-order valence-corrected chi connectivity index (χ4v) is 0. The van der Waals surface area contributed by atoms with Gasteiger partial charge in [0.15, 0.2) is 0 Å². The standard InChI is InChI=1S/2C2H4.Na.H3O2PS2.H/c2*1-2;;1-3(2,4)5;/h2*1-2H2;;(H3,1,2,4,5);. The maximum atomic E-state index is 9.50. The van der Waals surface area contributed by atoms with Gasteiger partial charge < -0.3 is 4.89 Å². The Morgan fingerprint density at radius 3 is 1.10 bits per heavy atom. The van der Waals surface area contributed by atoms with Crippen LogP contribution in [0.25, 0.3) is 0 Å². The first-order valence-electron chi connectivity index (χ1n) is 1.78. The van der Waals surface area contributed by atoms with Crippen LogP contribution in [-0.2, 0) is 4.57 Å². The van der Waals surface area contributed by atoms with Gasteiger partial charge in [0.2, 0.25) is 0 Å². The SMILES string of the molecule is C=C.C=C.O=P(O)(S)S.[NaH]. The van der Waals surface area contributed by atoms with Crippen molar-refractivity contribution in [2.45, 2.75) is 0 Å². The minimum atomic E-state index is -3.25. The third-order valence-electron chi connectivity index (χ3n) is 0. The van der Waals surface area contributed by atoms with E-state index in [1.54, 1.807) is 0 Å². The summed E-state index contributed by atoms with van der Waals surface area (Å²) < 4.78 is 9.50. The third-order valence-corrected chi connectivity index (χ3v) is 0. The molecule has 0 aliphatic heterocycles. The van der Waals surface area contributed by atoms with Crippen molar-refractivity contribution in [3.63, 3.8) is 0 Å². The summed E-state index contributed by atoms with van der Waals surface area (Å²) in [6.45, 7) is 12.0. The molecule has 0 spiro atoms. The summed E-state index contributed by atoms with van der Waals surface area (Å²) in [6.07, 6.45) is 0. The first-order chi connectivity index (χ1) is 4.00. The quantitative estimate of drug-likeness (QED) is 0.247. The molecule has 0 unspecified atom stereocenters. The molecule has 0 aromatic heterocycles. The molecule has 2 nitrogen and oxygen atoms in total. The number of rotatable bonds is 0. The molecule has 0 saturated carbocycles. The molecule has 0 aromatic rings. The summed E-state index contributed by atoms with van der Waals surface area (Å²) >= 11 is 6.20. The van der Waals surface area contributed by atoms with E-state index in [0.29, 0.717) is 0 Å². The van der Waals surface area contributed by atoms with Gasteiger partial charge >= 0.3 is 35.3 Å². The summed E-state index contributed by atoms with van der Waals surface area (Å²) in [7, 11) is 0. The maximum absolute atomic E-state index is 9.50. The molecular formula is C4H12NaO2PS2. The zero-order valence-corrected chi connectivity index (χ0v) is 7.71. The van der Waals surface area contributed by atoms with Crippen LogP contribution in [-0.4, -0.2) is 34.5 Å². The van der Waals surface area contributed by atoms with Crippen LogP contribution in [0.5, 0.6) is 0 Å². The predicted octanol–water partition coefficient (Wildman–Crippen LogP) is 1.90. The molecular weight excluding hydrogens is 198 g/mol. The van der Waals surface area contributed by atoms with Crippen molar-refractivity contribution in [2.75, 3.05) is 0 Å². The molecule has 0 amide bonds. The molecule has 0 fully saturated rings. The monoisotopic (exact) mass is 210 g/mol. The minimum absolute atomic E-state index is 0. The van der Waals surface area contributed by atoms with Crippen molar-refractivity contribution in [3.05, 3.63) is 26.3 Å². The molecule has 0 aliphatic rings. The Morgan fingerprint density at radius 2 is 1.10 bits per heavy atom. The molecule has 0 rings (SSSR count). The molecule has 58 valence electrons. The Balaban J connectivity index is -0.0000000315. The van der Waals surface area contributed by atoms with Crippen molar-refractivity contribution in [3.8, 4) is 0 Å². The molecule has 6 heteroatoms. The summed E-state index contributed by atoms with van der Waals surface area (Å²) in [5, 5.41) is 0. The van der Waals surface area contributed by atoms with Crippen LogP contribution in [0.15, 0.2) is 26.3 Å². The van der Waals surface area contributed by atoms with E-state index in [2.05, 4.69) is 50.8 Å². The van der Waals surface area contributed by atoms with Gasteiger partial charge in [-0.25, -0.2) is 0 Å². The summed E-state index contributed by atoms with van der Waals surface area (Å²) in [5.74, 6) is -3.25. The van der Waals surface area contributed by atoms with Gasteiger partial charge in [0.1, 0.15) is 0 Å². The zero-order valence-electron chi connectivity index (χ0n) is 5.03. The fraction of sp³-hybridized carbons (Fsp3) is 0. The van der Waals surface area contributed by atoms with E-state index in [1.807, 2.05) is 0 Å². The van der Waals surface area contributed by atoms with Crippen LogP contribution in [0.2, 0.25) is 0 Å². The van der Waals surface area contributed by atoms with Crippen molar-refractivity contribution >= 4 is 59.8 Å². The number of hydrogen-bond acceptors (Lipinski definition) is 1. The first kappa shape index (κ1) is 22.5. The van der Waals surface area contributed by atoms with Crippen LogP contribution in [0, 0.1) is 0 Å². The van der Waals surface area contributed by atoms with Crippen LogP contribution >= 0.6 is 30.3 Å². The van der Waals surface area contributed by atoms with Gasteiger partial charge in [0.05, 0.1) is 0 Å². The average molecular weight is 210 g/mol. The van der Waals surface area contributed by atoms with Crippen molar-refractivity contribution in [1.29, 1.82) is 0 Å². The van der Waals surface area contributed by atoms with Gasteiger partial charge in [-0.2, -0.15) is 0 Å². The zero-order chi connectivity index (χ0) is 8.50. The Hall–Kier alpha value is 1.37. The van der Waals surface area contributed by atoms with Crippen LogP contribution < -0.4 is 0 Å². The molecule has 10 heavy (non-hydrogen) atoms. The van der Waals surface area contributed by atoms with E-state index in [-0.39, 0.29) is 29.6 Å². The molecule has 1 N–H and O–H groups in total. The van der Waals surface area contributed by atoms with Gasteiger partial charge in [0.25, 0.3) is 0 Å². The normalized spacial score (nSPS) is 6.70. The topological polar surface area (TPSA) is 37.3 Å². The summed E-state index contributed by atoms with van der Waals surface area (Å²) in [5.41, 5.74) is 0. The molecule has 0 bridgehead atoms. The number of hydrogen-bond donors (Lipinski definition) is 3. The molecule has 0 radical (unpaired) electrons. The average Bonchev–Trinajstić information content (AvgIpc) is 1.72. The molecule has 0 heterocycles. The predicted molar refractivity (Wildman–Crippen MR) is 57.5 cm³/mol. The molecule has 0 atom stereocenters. The van der Waals surface area contributed by atoms with E-state index in [0.717, 1.165) is 0 Å². The Bertz CT molecular complexity index is 85.0. The second-order valence-electron chi connectivity index (χ2n) is 0.513. The van der Waals surface area contributed by atoms with E-state index >= 15 is 0 Å². The Labute approximate surface area is 94.9 Å². The van der Waals surface area contributed by atoms with E-state index in [1.165, 1.54) is 0 Å². The van der Waals surface area contributed by atoms with Crippen molar-refractivity contribution in [1.82, 2.24) is 0 Å². The molecule has 0 aromatic carbocycles. The Kier molecular flexibility index (Phi) is 37.7. The van der Waals surface area contributed by atoms with Crippen LogP contribution in [0.4, 0.5) is 0 Å². The van der Waals surface area contributed by atoms with E-state index in [4.69, 9.17) is 4.89 Å². The van der Waals surface area contributed by atoms with Gasteiger partial charge in [-0.15, -0.1) is 26.3 Å². The third kappa shape index (κ3) is 350. The fourth-order valence-electron chi connectivity index (χ4n) is 0. The van der Waals surface area contributed by atoms with Crippen molar-refractivity contribution in [2.24, 2.45) is 0 Å². The van der Waals surface area contributed by atoms with Gasteiger partial charge in [0, 0.05) is 0 Å². The van der Waals surface area contributed by atoms with Gasteiger partial charge in [-0.3, -0.25) is 4.57 Å². The molecule has 0 saturated heterocycles. The van der Waals surface area contributed by atoms with E-state index < -0.39 is 5.77 Å². The number of thiol groups is 2.